The van der Waals surface area contributed by atoms with Crippen LogP contribution in [0.1, 0.15) is 41.1 Å². The van der Waals surface area contributed by atoms with E-state index in [1.54, 1.807) is 48.5 Å². The Balaban J connectivity index is 1.61. The van der Waals surface area contributed by atoms with E-state index in [2.05, 4.69) is 34.9 Å². The minimum atomic E-state index is -0.639. The number of nitrogens with zero attached hydrogens (tertiary/aromatic N) is 1. The maximum atomic E-state index is 12.4. The largest absolute Gasteiger partial charge is 0.494 e. The number of hydrazine groups is 1. The van der Waals surface area contributed by atoms with Gasteiger partial charge in [0.1, 0.15) is 5.75 Å². The first-order valence-corrected chi connectivity index (χ1v) is 9.26. The summed E-state index contributed by atoms with van der Waals surface area (Å²) < 4.78 is 5.62. The number of H-pyrrole nitrogens is 1. The molecule has 0 bridgehead atoms. The molecule has 29 heavy (non-hydrogen) atoms. The molecule has 1 aromatic heterocycles. The predicted molar refractivity (Wildman–Crippen MR) is 109 cm³/mol. The first kappa shape index (κ1) is 20.1. The summed E-state index contributed by atoms with van der Waals surface area (Å²) in [5, 5.41) is 6.81. The topological polar surface area (TPSA) is 113 Å². The molecule has 0 aliphatic carbocycles. The van der Waals surface area contributed by atoms with Crippen molar-refractivity contribution in [2.24, 2.45) is 5.92 Å². The van der Waals surface area contributed by atoms with Crippen LogP contribution in [-0.4, -0.2) is 28.6 Å². The lowest BCUT2D eigenvalue weighted by molar-refractivity contribution is 0.0844. The van der Waals surface area contributed by atoms with Gasteiger partial charge < -0.3 is 4.74 Å². The van der Waals surface area contributed by atoms with E-state index in [0.29, 0.717) is 34.6 Å². The molecule has 150 valence electrons. The van der Waals surface area contributed by atoms with Gasteiger partial charge in [0.25, 0.3) is 17.4 Å². The van der Waals surface area contributed by atoms with Gasteiger partial charge in [0.2, 0.25) is 0 Å². The summed E-state index contributed by atoms with van der Waals surface area (Å²) in [6.07, 6.45) is 0.946. The van der Waals surface area contributed by atoms with E-state index < -0.39 is 17.4 Å². The third kappa shape index (κ3) is 4.98. The Morgan fingerprint density at radius 2 is 1.66 bits per heavy atom. The van der Waals surface area contributed by atoms with Crippen molar-refractivity contribution in [3.8, 4) is 5.75 Å². The number of carbonyl (C=O) groups is 2. The van der Waals surface area contributed by atoms with Crippen LogP contribution in [0.25, 0.3) is 10.8 Å². The zero-order valence-corrected chi connectivity index (χ0v) is 16.2. The standard InChI is InChI=1S/C21H22N4O4/c1-13(2)11-12-29-15-9-7-14(8-10-15)19(26)23-25-21(28)18-16-5-3-4-6-17(16)20(27)24-22-18/h3-10,13H,11-12H2,1-2H3,(H,23,26)(H,24,27)(H,25,28). The smallest absolute Gasteiger partial charge is 0.290 e. The number of aromatic nitrogens is 2. The fourth-order valence-corrected chi connectivity index (χ4v) is 2.65. The second kappa shape index (κ2) is 9.01. The molecule has 8 heteroatoms. The second-order valence-corrected chi connectivity index (χ2v) is 6.91. The van der Waals surface area contributed by atoms with Crippen LogP contribution in [0.2, 0.25) is 0 Å². The lowest BCUT2D eigenvalue weighted by Gasteiger charge is -2.10. The van der Waals surface area contributed by atoms with Gasteiger partial charge in [-0.1, -0.05) is 32.0 Å². The Labute approximate surface area is 167 Å². The summed E-state index contributed by atoms with van der Waals surface area (Å²) in [4.78, 5) is 36.5. The fraction of sp³-hybridized carbons (Fsp3) is 0.238. The highest BCUT2D eigenvalue weighted by Gasteiger charge is 2.15. The minimum absolute atomic E-state index is 0.00870. The molecule has 0 spiro atoms. The van der Waals surface area contributed by atoms with Gasteiger partial charge >= 0.3 is 0 Å². The van der Waals surface area contributed by atoms with E-state index in [0.717, 1.165) is 6.42 Å². The Hall–Kier alpha value is -3.68. The molecule has 3 rings (SSSR count). The molecule has 3 N–H and O–H groups in total. The van der Waals surface area contributed by atoms with Crippen molar-refractivity contribution in [3.05, 3.63) is 70.1 Å². The molecule has 0 saturated carbocycles. The predicted octanol–water partition coefficient (Wildman–Crippen LogP) is 2.42. The van der Waals surface area contributed by atoms with Gasteiger partial charge in [0.15, 0.2) is 5.69 Å². The molecule has 0 aliphatic heterocycles. The van der Waals surface area contributed by atoms with E-state index >= 15 is 0 Å². The molecule has 1 heterocycles. The molecule has 0 radical (unpaired) electrons. The number of amides is 2. The number of rotatable bonds is 6. The Morgan fingerprint density at radius 3 is 2.34 bits per heavy atom. The van der Waals surface area contributed by atoms with Crippen molar-refractivity contribution in [2.45, 2.75) is 20.3 Å². The van der Waals surface area contributed by atoms with E-state index in [-0.39, 0.29) is 5.69 Å². The van der Waals surface area contributed by atoms with Crippen LogP contribution in [0.4, 0.5) is 0 Å². The SMILES string of the molecule is CC(C)CCOc1ccc(C(=O)NNC(=O)c2n[nH]c(=O)c3ccccc23)cc1. The number of hydrogen-bond donors (Lipinski definition) is 3. The Bertz CT molecular complexity index is 1070. The van der Waals surface area contributed by atoms with Crippen LogP contribution in [0.5, 0.6) is 5.75 Å². The lowest BCUT2D eigenvalue weighted by Crippen LogP contribution is -2.42. The van der Waals surface area contributed by atoms with Crippen molar-refractivity contribution >= 4 is 22.6 Å². The summed E-state index contributed by atoms with van der Waals surface area (Å²) in [5.41, 5.74) is 4.64. The van der Waals surface area contributed by atoms with E-state index in [1.165, 1.54) is 0 Å². The van der Waals surface area contributed by atoms with E-state index in [4.69, 9.17) is 4.74 Å². The highest BCUT2D eigenvalue weighted by atomic mass is 16.5. The molecular weight excluding hydrogens is 372 g/mol. The monoisotopic (exact) mass is 394 g/mol. The number of ether oxygens (including phenoxy) is 1. The van der Waals surface area contributed by atoms with Crippen molar-refractivity contribution in [2.75, 3.05) is 6.61 Å². The average Bonchev–Trinajstić information content (AvgIpc) is 2.72. The highest BCUT2D eigenvalue weighted by molar-refractivity contribution is 6.05. The van der Waals surface area contributed by atoms with Crippen LogP contribution in [0, 0.1) is 5.92 Å². The normalized spacial score (nSPS) is 10.7. The Kier molecular flexibility index (Phi) is 6.23. The molecule has 0 fully saturated rings. The second-order valence-electron chi connectivity index (χ2n) is 6.91. The number of benzene rings is 2. The molecule has 3 aromatic rings. The number of nitrogens with one attached hydrogen (secondary N) is 3. The third-order valence-corrected chi connectivity index (χ3v) is 4.28. The van der Waals surface area contributed by atoms with Crippen LogP contribution in [0.15, 0.2) is 53.3 Å². The molecule has 0 saturated heterocycles. The zero-order valence-electron chi connectivity index (χ0n) is 16.2. The first-order chi connectivity index (χ1) is 14.0. The van der Waals surface area contributed by atoms with Crippen molar-refractivity contribution < 1.29 is 14.3 Å². The molecule has 2 aromatic carbocycles. The number of hydrogen-bond acceptors (Lipinski definition) is 5. The van der Waals surface area contributed by atoms with Gasteiger partial charge in [0, 0.05) is 10.9 Å². The molecule has 8 nitrogen and oxygen atoms in total. The van der Waals surface area contributed by atoms with E-state index in [1.807, 2.05) is 0 Å². The van der Waals surface area contributed by atoms with Gasteiger partial charge in [0.05, 0.1) is 12.0 Å². The maximum Gasteiger partial charge on any atom is 0.290 e. The van der Waals surface area contributed by atoms with Gasteiger partial charge in [-0.25, -0.2) is 5.10 Å². The Morgan fingerprint density at radius 1 is 1.00 bits per heavy atom. The van der Waals surface area contributed by atoms with Crippen molar-refractivity contribution in [1.82, 2.24) is 21.0 Å². The number of carbonyl (C=O) groups excluding carboxylic acids is 2. The molecule has 2 amide bonds. The van der Waals surface area contributed by atoms with Crippen LogP contribution in [-0.2, 0) is 0 Å². The van der Waals surface area contributed by atoms with Crippen molar-refractivity contribution in [1.29, 1.82) is 0 Å². The van der Waals surface area contributed by atoms with Gasteiger partial charge in [-0.3, -0.25) is 25.2 Å². The zero-order chi connectivity index (χ0) is 20.8. The molecular formula is C21H22N4O4. The molecule has 0 atom stereocenters. The first-order valence-electron chi connectivity index (χ1n) is 9.26. The summed E-state index contributed by atoms with van der Waals surface area (Å²) in [6, 6.07) is 13.2. The summed E-state index contributed by atoms with van der Waals surface area (Å²) >= 11 is 0. The maximum absolute atomic E-state index is 12.4. The van der Waals surface area contributed by atoms with Crippen LogP contribution in [0.3, 0.4) is 0 Å². The third-order valence-electron chi connectivity index (χ3n) is 4.28. The average molecular weight is 394 g/mol. The summed E-state index contributed by atoms with van der Waals surface area (Å²) in [6.45, 7) is 4.85. The number of aromatic amines is 1. The summed E-state index contributed by atoms with van der Waals surface area (Å²) in [7, 11) is 0. The van der Waals surface area contributed by atoms with E-state index in [9.17, 15) is 14.4 Å². The fourth-order valence-electron chi connectivity index (χ4n) is 2.65. The molecule has 0 aliphatic rings. The number of fused-ring (bicyclic) bond motifs is 1. The lowest BCUT2D eigenvalue weighted by atomic mass is 10.1. The van der Waals surface area contributed by atoms with Gasteiger partial charge in [-0.05, 0) is 42.7 Å². The van der Waals surface area contributed by atoms with Crippen LogP contribution < -0.4 is 21.1 Å². The van der Waals surface area contributed by atoms with Crippen molar-refractivity contribution in [3.63, 3.8) is 0 Å². The van der Waals surface area contributed by atoms with Crippen LogP contribution >= 0.6 is 0 Å². The minimum Gasteiger partial charge on any atom is -0.494 e. The molecule has 0 unspecified atom stereocenters. The van der Waals surface area contributed by atoms with Gasteiger partial charge in [-0.15, -0.1) is 0 Å². The quantitative estimate of drug-likeness (QED) is 0.556. The highest BCUT2D eigenvalue weighted by Crippen LogP contribution is 2.14. The van der Waals surface area contributed by atoms with Gasteiger partial charge in [-0.2, -0.15) is 5.10 Å². The summed E-state index contributed by atoms with van der Waals surface area (Å²) in [5.74, 6) is 0.105.